The second-order valence-electron chi connectivity index (χ2n) is 8.13. The fourth-order valence-electron chi connectivity index (χ4n) is 3.50. The molecule has 0 aliphatic heterocycles. The Morgan fingerprint density at radius 3 is 2.26 bits per heavy atom. The lowest BCUT2D eigenvalue weighted by molar-refractivity contribution is -0.121. The van der Waals surface area contributed by atoms with Crippen LogP contribution in [0.4, 0.5) is 20.6 Å². The quantitative estimate of drug-likeness (QED) is 0.284. The summed E-state index contributed by atoms with van der Waals surface area (Å²) in [6.07, 6.45) is 4.02. The highest BCUT2D eigenvalue weighted by molar-refractivity contribution is 6.01. The van der Waals surface area contributed by atoms with Gasteiger partial charge in [0.05, 0.1) is 5.69 Å². The molecular formula is C28H32FN3O3. The maximum absolute atomic E-state index is 14.1. The minimum Gasteiger partial charge on any atom is -0.457 e. The second kappa shape index (κ2) is 13.7. The average molecular weight is 478 g/mol. The first-order valence-corrected chi connectivity index (χ1v) is 12.0. The van der Waals surface area contributed by atoms with Crippen LogP contribution in [0.2, 0.25) is 0 Å². The van der Waals surface area contributed by atoms with Crippen LogP contribution in [0.3, 0.4) is 0 Å². The van der Waals surface area contributed by atoms with Crippen LogP contribution < -0.4 is 20.3 Å². The van der Waals surface area contributed by atoms with Crippen LogP contribution >= 0.6 is 0 Å². The third-order valence-corrected chi connectivity index (χ3v) is 5.38. The van der Waals surface area contributed by atoms with Crippen LogP contribution in [0.25, 0.3) is 0 Å². The first kappa shape index (κ1) is 25.7. The number of halogens is 1. The van der Waals surface area contributed by atoms with Crippen molar-refractivity contribution in [3.63, 3.8) is 0 Å². The third-order valence-electron chi connectivity index (χ3n) is 5.38. The number of hydrogen-bond acceptors (Lipinski definition) is 3. The molecule has 0 aliphatic carbocycles. The molecule has 0 aliphatic rings. The molecule has 3 amide bonds. The molecule has 35 heavy (non-hydrogen) atoms. The van der Waals surface area contributed by atoms with Crippen molar-refractivity contribution in [1.29, 1.82) is 0 Å². The summed E-state index contributed by atoms with van der Waals surface area (Å²) < 4.78 is 19.9. The number of ether oxygens (including phenoxy) is 1. The predicted octanol–water partition coefficient (Wildman–Crippen LogP) is 6.74. The van der Waals surface area contributed by atoms with E-state index in [4.69, 9.17) is 4.74 Å². The zero-order valence-corrected chi connectivity index (χ0v) is 20.0. The van der Waals surface area contributed by atoms with Crippen molar-refractivity contribution >= 4 is 23.3 Å². The van der Waals surface area contributed by atoms with Gasteiger partial charge in [-0.25, -0.2) is 9.18 Å². The highest BCUT2D eigenvalue weighted by Gasteiger charge is 2.17. The van der Waals surface area contributed by atoms with E-state index in [1.807, 2.05) is 30.3 Å². The Balaban J connectivity index is 1.65. The molecule has 0 heterocycles. The number of nitrogens with zero attached hydrogens (tertiary/aromatic N) is 1. The summed E-state index contributed by atoms with van der Waals surface area (Å²) in [6, 6.07) is 22.1. The Kier molecular flexibility index (Phi) is 10.1. The number of carbonyl (C=O) groups is 2. The maximum atomic E-state index is 14.1. The summed E-state index contributed by atoms with van der Waals surface area (Å²) in [4.78, 5) is 26.6. The Morgan fingerprint density at radius 2 is 1.54 bits per heavy atom. The molecular weight excluding hydrogens is 445 g/mol. The fourth-order valence-corrected chi connectivity index (χ4v) is 3.50. The fraction of sp³-hybridized carbons (Fsp3) is 0.286. The van der Waals surface area contributed by atoms with Crippen molar-refractivity contribution in [2.24, 2.45) is 0 Å². The van der Waals surface area contributed by atoms with Gasteiger partial charge in [0, 0.05) is 25.2 Å². The maximum Gasteiger partial charge on any atom is 0.326 e. The Hall–Kier alpha value is -3.87. The van der Waals surface area contributed by atoms with Crippen LogP contribution in [-0.4, -0.2) is 25.0 Å². The predicted molar refractivity (Wildman–Crippen MR) is 137 cm³/mol. The Morgan fingerprint density at radius 1 is 0.857 bits per heavy atom. The van der Waals surface area contributed by atoms with Gasteiger partial charge in [0.2, 0.25) is 5.91 Å². The van der Waals surface area contributed by atoms with Gasteiger partial charge in [0.1, 0.15) is 17.3 Å². The molecule has 0 fully saturated rings. The molecule has 0 saturated heterocycles. The summed E-state index contributed by atoms with van der Waals surface area (Å²) in [6.45, 7) is 2.89. The topological polar surface area (TPSA) is 70.7 Å². The minimum atomic E-state index is -0.508. The number of carbonyl (C=O) groups excluding carboxylic acids is 2. The minimum absolute atomic E-state index is 0.0169. The number of amides is 3. The molecule has 3 aromatic rings. The lowest BCUT2D eigenvalue weighted by Gasteiger charge is -2.24. The summed E-state index contributed by atoms with van der Waals surface area (Å²) in [5, 5.41) is 5.55. The zero-order valence-electron chi connectivity index (χ0n) is 20.0. The van der Waals surface area contributed by atoms with E-state index in [0.717, 1.165) is 19.3 Å². The normalized spacial score (nSPS) is 10.5. The summed E-state index contributed by atoms with van der Waals surface area (Å²) in [7, 11) is 0. The number of urea groups is 1. The van der Waals surface area contributed by atoms with Crippen LogP contribution in [0, 0.1) is 5.82 Å². The molecule has 6 nitrogen and oxygen atoms in total. The van der Waals surface area contributed by atoms with E-state index in [0.29, 0.717) is 43.1 Å². The van der Waals surface area contributed by atoms with Crippen molar-refractivity contribution in [2.45, 2.75) is 39.0 Å². The highest BCUT2D eigenvalue weighted by atomic mass is 19.1. The molecule has 0 spiro atoms. The molecule has 0 radical (unpaired) electrons. The van der Waals surface area contributed by atoms with Crippen LogP contribution in [0.5, 0.6) is 11.5 Å². The second-order valence-corrected chi connectivity index (χ2v) is 8.13. The number of para-hydroxylation sites is 2. The van der Waals surface area contributed by atoms with Gasteiger partial charge in [-0.05, 0) is 61.4 Å². The zero-order chi connectivity index (χ0) is 24.9. The van der Waals surface area contributed by atoms with E-state index < -0.39 is 11.8 Å². The number of anilines is 2. The van der Waals surface area contributed by atoms with Gasteiger partial charge >= 0.3 is 6.03 Å². The smallest absolute Gasteiger partial charge is 0.326 e. The number of unbranched alkanes of at least 4 members (excludes halogenated alkanes) is 2. The molecule has 0 unspecified atom stereocenters. The summed E-state index contributed by atoms with van der Waals surface area (Å²) in [5.41, 5.74) is 0.740. The molecule has 0 bridgehead atoms. The third kappa shape index (κ3) is 8.45. The largest absolute Gasteiger partial charge is 0.457 e. The van der Waals surface area contributed by atoms with Crippen LogP contribution in [0.1, 0.15) is 39.0 Å². The van der Waals surface area contributed by atoms with Crippen molar-refractivity contribution in [2.75, 3.05) is 23.3 Å². The first-order chi connectivity index (χ1) is 17.1. The van der Waals surface area contributed by atoms with Gasteiger partial charge in [0.25, 0.3) is 0 Å². The van der Waals surface area contributed by atoms with Crippen LogP contribution in [0.15, 0.2) is 78.9 Å². The summed E-state index contributed by atoms with van der Waals surface area (Å²) >= 11 is 0. The Bertz CT molecular complexity index is 1070. The van der Waals surface area contributed by atoms with Crippen molar-refractivity contribution in [3.05, 3.63) is 84.7 Å². The average Bonchev–Trinajstić information content (AvgIpc) is 2.87. The van der Waals surface area contributed by atoms with Crippen molar-refractivity contribution < 1.29 is 18.7 Å². The molecule has 3 aromatic carbocycles. The molecule has 0 aromatic heterocycles. The highest BCUT2D eigenvalue weighted by Crippen LogP contribution is 2.25. The standard InChI is InChI=1S/C28H32FN3O3/c1-2-3-5-15-27(33)30-20-10-21-32(28(34)31-26-14-9-8-13-25(26)29)22-16-18-24(19-17-22)35-23-11-6-4-7-12-23/h4,6-9,11-14,16-19H,2-3,5,10,15,20-21H2,1H3,(H,30,33)(H,31,34). The van der Waals surface area contributed by atoms with Crippen LogP contribution in [-0.2, 0) is 4.79 Å². The van der Waals surface area contributed by atoms with Gasteiger partial charge in [0.15, 0.2) is 0 Å². The van der Waals surface area contributed by atoms with E-state index in [-0.39, 0.29) is 11.6 Å². The molecule has 0 saturated carbocycles. The van der Waals surface area contributed by atoms with Gasteiger partial charge in [-0.2, -0.15) is 0 Å². The molecule has 2 N–H and O–H groups in total. The van der Waals surface area contributed by atoms with E-state index in [1.54, 1.807) is 36.4 Å². The first-order valence-electron chi connectivity index (χ1n) is 12.0. The van der Waals surface area contributed by atoms with Gasteiger partial charge in [-0.3, -0.25) is 9.69 Å². The van der Waals surface area contributed by atoms with Crippen molar-refractivity contribution in [1.82, 2.24) is 5.32 Å². The van der Waals surface area contributed by atoms with Gasteiger partial charge < -0.3 is 15.4 Å². The molecule has 184 valence electrons. The van der Waals surface area contributed by atoms with Gasteiger partial charge in [-0.15, -0.1) is 0 Å². The van der Waals surface area contributed by atoms with Crippen molar-refractivity contribution in [3.8, 4) is 11.5 Å². The van der Waals surface area contributed by atoms with E-state index >= 15 is 0 Å². The SMILES string of the molecule is CCCCCC(=O)NCCCN(C(=O)Nc1ccccc1F)c1ccc(Oc2ccccc2)cc1. The number of benzene rings is 3. The van der Waals surface area contributed by atoms with E-state index in [2.05, 4.69) is 17.6 Å². The van der Waals surface area contributed by atoms with E-state index in [9.17, 15) is 14.0 Å². The Labute approximate surface area is 206 Å². The molecule has 3 rings (SSSR count). The molecule has 7 heteroatoms. The monoisotopic (exact) mass is 477 g/mol. The number of nitrogens with one attached hydrogen (secondary N) is 2. The molecule has 0 atom stereocenters. The number of rotatable bonds is 12. The summed E-state index contributed by atoms with van der Waals surface area (Å²) in [5.74, 6) is 0.854. The van der Waals surface area contributed by atoms with E-state index in [1.165, 1.54) is 17.0 Å². The lowest BCUT2D eigenvalue weighted by Crippen LogP contribution is -2.37. The van der Waals surface area contributed by atoms with Gasteiger partial charge in [-0.1, -0.05) is 50.1 Å². The number of hydrogen-bond donors (Lipinski definition) is 2. The lowest BCUT2D eigenvalue weighted by atomic mass is 10.2.